The van der Waals surface area contributed by atoms with E-state index in [4.69, 9.17) is 4.74 Å². The lowest BCUT2D eigenvalue weighted by atomic mass is 10.0. The molecule has 0 aromatic rings. The fraction of sp³-hybridized carbons (Fsp3) is 0.963. The van der Waals surface area contributed by atoms with Gasteiger partial charge in [-0.05, 0) is 33.5 Å². The number of nitrogens with one attached hydrogen (secondary N) is 2. The summed E-state index contributed by atoms with van der Waals surface area (Å²) in [6, 6.07) is 0. The molecular weight excluding hydrogens is 494 g/mol. The van der Waals surface area contributed by atoms with Crippen molar-refractivity contribution in [2.75, 3.05) is 59.3 Å². The van der Waals surface area contributed by atoms with Crippen molar-refractivity contribution in [2.24, 2.45) is 0 Å². The lowest BCUT2D eigenvalue weighted by Crippen LogP contribution is -2.57. The Morgan fingerprint density at radius 3 is 1.81 bits per heavy atom. The number of aliphatic hydroxyl groups excluding tert-OH is 2. The zero-order valence-corrected chi connectivity index (χ0v) is 24.8. The molecule has 0 radical (unpaired) electrons. The molecule has 9 nitrogen and oxygen atoms in total. The van der Waals surface area contributed by atoms with Crippen LogP contribution in [0.15, 0.2) is 0 Å². The van der Waals surface area contributed by atoms with Crippen LogP contribution in [0.25, 0.3) is 0 Å². The standard InChI is InChI=1S/C27H57N3O6S/c1-4-5-6-7-8-9-10-11-12-13-14-15-16-18-26(33)36-25-27(23-31,24-32)28-20-22-37(34,35)29-19-17-21-30(2)3/h28-29,31-32H,4-25H2,1-3H3. The van der Waals surface area contributed by atoms with Gasteiger partial charge in [-0.25, -0.2) is 13.1 Å². The van der Waals surface area contributed by atoms with Crippen molar-refractivity contribution in [1.82, 2.24) is 14.9 Å². The Morgan fingerprint density at radius 1 is 0.811 bits per heavy atom. The summed E-state index contributed by atoms with van der Waals surface area (Å²) < 4.78 is 32.1. The van der Waals surface area contributed by atoms with Crippen molar-refractivity contribution in [3.63, 3.8) is 0 Å². The van der Waals surface area contributed by atoms with E-state index in [0.717, 1.165) is 25.8 Å². The van der Waals surface area contributed by atoms with Gasteiger partial charge in [0, 0.05) is 19.5 Å². The molecule has 0 aliphatic heterocycles. The predicted molar refractivity (Wildman–Crippen MR) is 151 cm³/mol. The molecular formula is C27H57N3O6S. The number of esters is 1. The number of unbranched alkanes of at least 4 members (excludes halogenated alkanes) is 12. The molecule has 0 saturated carbocycles. The fourth-order valence-corrected chi connectivity index (χ4v) is 5.00. The molecule has 0 rings (SSSR count). The van der Waals surface area contributed by atoms with Crippen LogP contribution in [0.2, 0.25) is 0 Å². The number of ether oxygens (including phenoxy) is 1. The van der Waals surface area contributed by atoms with Gasteiger partial charge in [-0.2, -0.15) is 0 Å². The van der Waals surface area contributed by atoms with Crippen molar-refractivity contribution in [3.8, 4) is 0 Å². The Balaban J connectivity index is 3.96. The van der Waals surface area contributed by atoms with E-state index in [9.17, 15) is 23.4 Å². The highest BCUT2D eigenvalue weighted by Crippen LogP contribution is 2.13. The summed E-state index contributed by atoms with van der Waals surface area (Å²) in [6.45, 7) is 2.21. The molecule has 0 aromatic carbocycles. The molecule has 0 aromatic heterocycles. The molecule has 222 valence electrons. The van der Waals surface area contributed by atoms with Gasteiger partial charge < -0.3 is 25.2 Å². The highest BCUT2D eigenvalue weighted by Gasteiger charge is 2.30. The van der Waals surface area contributed by atoms with Crippen LogP contribution >= 0.6 is 0 Å². The average Bonchev–Trinajstić information content (AvgIpc) is 2.86. The van der Waals surface area contributed by atoms with E-state index in [2.05, 4.69) is 17.0 Å². The zero-order chi connectivity index (χ0) is 27.8. The van der Waals surface area contributed by atoms with E-state index >= 15 is 0 Å². The van der Waals surface area contributed by atoms with Crippen molar-refractivity contribution in [1.29, 1.82) is 0 Å². The molecule has 0 heterocycles. The maximum atomic E-state index is 12.1. The van der Waals surface area contributed by atoms with Gasteiger partial charge >= 0.3 is 5.97 Å². The van der Waals surface area contributed by atoms with E-state index in [1.807, 2.05) is 19.0 Å². The normalized spacial score (nSPS) is 12.4. The summed E-state index contributed by atoms with van der Waals surface area (Å²) in [4.78, 5) is 14.1. The molecule has 4 N–H and O–H groups in total. The number of carbonyl (C=O) groups excluding carboxylic acids is 1. The molecule has 0 aliphatic carbocycles. The lowest BCUT2D eigenvalue weighted by Gasteiger charge is -2.30. The number of sulfonamides is 1. The van der Waals surface area contributed by atoms with Gasteiger partial charge in [0.25, 0.3) is 0 Å². The number of carbonyl (C=O) groups is 1. The van der Waals surface area contributed by atoms with Gasteiger partial charge in [0.1, 0.15) is 6.61 Å². The summed E-state index contributed by atoms with van der Waals surface area (Å²) in [5.41, 5.74) is -1.27. The third kappa shape index (κ3) is 21.8. The molecule has 0 saturated heterocycles. The van der Waals surface area contributed by atoms with Crippen LogP contribution in [0.5, 0.6) is 0 Å². The van der Waals surface area contributed by atoms with Gasteiger partial charge in [0.2, 0.25) is 10.0 Å². The predicted octanol–water partition coefficient (Wildman–Crippen LogP) is 3.20. The largest absolute Gasteiger partial charge is 0.464 e. The van der Waals surface area contributed by atoms with E-state index in [1.165, 1.54) is 64.2 Å². The second-order valence-electron chi connectivity index (χ2n) is 10.5. The quantitative estimate of drug-likeness (QED) is 0.0905. The lowest BCUT2D eigenvalue weighted by molar-refractivity contribution is -0.147. The first-order valence-corrected chi connectivity index (χ1v) is 16.1. The third-order valence-corrected chi connectivity index (χ3v) is 7.96. The number of hydrogen-bond acceptors (Lipinski definition) is 8. The minimum absolute atomic E-state index is 0.0144. The van der Waals surface area contributed by atoms with Crippen molar-refractivity contribution < 1.29 is 28.2 Å². The third-order valence-electron chi connectivity index (χ3n) is 6.57. The minimum atomic E-state index is -3.48. The molecule has 0 aliphatic rings. The summed E-state index contributed by atoms with van der Waals surface area (Å²) in [5.74, 6) is -0.574. The number of hydrogen-bond donors (Lipinski definition) is 4. The number of rotatable bonds is 27. The van der Waals surface area contributed by atoms with Crippen molar-refractivity contribution in [3.05, 3.63) is 0 Å². The Labute approximate surface area is 227 Å². The molecule has 37 heavy (non-hydrogen) atoms. The first kappa shape index (κ1) is 36.2. The molecule has 0 amide bonds. The number of aliphatic hydroxyl groups is 2. The van der Waals surface area contributed by atoms with E-state index in [-0.39, 0.29) is 24.9 Å². The smallest absolute Gasteiger partial charge is 0.305 e. The van der Waals surface area contributed by atoms with E-state index in [0.29, 0.717) is 19.4 Å². The van der Waals surface area contributed by atoms with Gasteiger partial charge in [-0.15, -0.1) is 0 Å². The maximum absolute atomic E-state index is 12.1. The molecule has 0 bridgehead atoms. The Bertz CT molecular complexity index is 642. The average molecular weight is 552 g/mol. The van der Waals surface area contributed by atoms with Crippen LogP contribution in [-0.4, -0.2) is 94.3 Å². The Hall–Kier alpha value is -0.780. The maximum Gasteiger partial charge on any atom is 0.305 e. The van der Waals surface area contributed by atoms with Gasteiger partial charge in [-0.1, -0.05) is 84.0 Å². The summed E-state index contributed by atoms with van der Waals surface area (Å²) in [7, 11) is 0.366. The van der Waals surface area contributed by atoms with E-state index in [1.54, 1.807) is 0 Å². The van der Waals surface area contributed by atoms with Gasteiger partial charge in [0.15, 0.2) is 0 Å². The second kappa shape index (κ2) is 23.1. The molecule has 10 heteroatoms. The SMILES string of the molecule is CCCCCCCCCCCCCCCC(=O)OCC(CO)(CO)NCCS(=O)(=O)NCCCN(C)C. The monoisotopic (exact) mass is 551 g/mol. The number of nitrogens with zero attached hydrogens (tertiary/aromatic N) is 1. The van der Waals surface area contributed by atoms with Crippen LogP contribution in [0, 0.1) is 0 Å². The zero-order valence-electron chi connectivity index (χ0n) is 23.9. The first-order chi connectivity index (χ1) is 17.7. The first-order valence-electron chi connectivity index (χ1n) is 14.4. The fourth-order valence-electron chi connectivity index (χ4n) is 4.03. The Kier molecular flexibility index (Phi) is 22.6. The van der Waals surface area contributed by atoms with Crippen molar-refractivity contribution in [2.45, 2.75) is 109 Å². The van der Waals surface area contributed by atoms with Crippen LogP contribution in [0.1, 0.15) is 103 Å². The van der Waals surface area contributed by atoms with Crippen molar-refractivity contribution >= 4 is 16.0 Å². The summed E-state index contributed by atoms with van der Waals surface area (Å²) >= 11 is 0. The van der Waals surface area contributed by atoms with Gasteiger partial charge in [-0.3, -0.25) is 4.79 Å². The Morgan fingerprint density at radius 2 is 1.32 bits per heavy atom. The molecule has 0 atom stereocenters. The molecule has 0 spiro atoms. The van der Waals surface area contributed by atoms with Crippen LogP contribution in [0.3, 0.4) is 0 Å². The topological polar surface area (TPSA) is 128 Å². The molecule has 0 fully saturated rings. The minimum Gasteiger partial charge on any atom is -0.464 e. The van der Waals surface area contributed by atoms with Crippen LogP contribution < -0.4 is 10.0 Å². The molecule has 0 unspecified atom stereocenters. The second-order valence-corrected chi connectivity index (χ2v) is 12.5. The van der Waals surface area contributed by atoms with Crippen LogP contribution in [-0.2, 0) is 19.6 Å². The van der Waals surface area contributed by atoms with Crippen LogP contribution in [0.4, 0.5) is 0 Å². The highest BCUT2D eigenvalue weighted by molar-refractivity contribution is 7.89. The highest BCUT2D eigenvalue weighted by atomic mass is 32.2. The van der Waals surface area contributed by atoms with Gasteiger partial charge in [0.05, 0.1) is 24.5 Å². The summed E-state index contributed by atoms with van der Waals surface area (Å²) in [5, 5.41) is 22.4. The van der Waals surface area contributed by atoms with E-state index < -0.39 is 28.8 Å². The summed E-state index contributed by atoms with van der Waals surface area (Å²) in [6.07, 6.45) is 17.0.